The number of benzene rings is 2. The average molecular weight is 375 g/mol. The quantitative estimate of drug-likeness (QED) is 0.504. The van der Waals surface area contributed by atoms with Crippen molar-refractivity contribution in [2.45, 2.75) is 5.54 Å². The molecule has 2 aromatic carbocycles. The second-order valence-corrected chi connectivity index (χ2v) is 7.19. The van der Waals surface area contributed by atoms with Crippen LogP contribution < -0.4 is 0 Å². The maximum Gasteiger partial charge on any atom is 0.304 e. The molecular weight excluding hydrogens is 356 g/mol. The van der Waals surface area contributed by atoms with E-state index in [9.17, 15) is 19.5 Å². The molecule has 0 spiro atoms. The van der Waals surface area contributed by atoms with Gasteiger partial charge in [0.2, 0.25) is 17.3 Å². The molecule has 0 aromatic heterocycles. The lowest BCUT2D eigenvalue weighted by Crippen LogP contribution is -2.57. The highest BCUT2D eigenvalue weighted by molar-refractivity contribution is 6.32. The van der Waals surface area contributed by atoms with Gasteiger partial charge in [0.05, 0.1) is 6.54 Å². The van der Waals surface area contributed by atoms with Gasteiger partial charge in [0, 0.05) is 29.3 Å². The molecule has 2 aromatic rings. The van der Waals surface area contributed by atoms with E-state index >= 15 is 0 Å². The Balaban J connectivity index is 1.77. The van der Waals surface area contributed by atoms with Gasteiger partial charge in [-0.15, -0.1) is 0 Å². The van der Waals surface area contributed by atoms with Crippen LogP contribution in [0.25, 0.3) is 5.76 Å². The van der Waals surface area contributed by atoms with E-state index in [1.165, 1.54) is 9.48 Å². The Hall–Kier alpha value is -3.54. The highest BCUT2D eigenvalue weighted by atomic mass is 16.3. The molecule has 0 atom stereocenters. The van der Waals surface area contributed by atoms with E-state index in [0.717, 1.165) is 0 Å². The maximum atomic E-state index is 13.2. The van der Waals surface area contributed by atoms with Crippen molar-refractivity contribution in [3.8, 4) is 0 Å². The summed E-state index contributed by atoms with van der Waals surface area (Å²) in [6.07, 6.45) is 0. The molecule has 6 heteroatoms. The Bertz CT molecular complexity index is 1080. The van der Waals surface area contributed by atoms with Gasteiger partial charge in [0.1, 0.15) is 19.5 Å². The van der Waals surface area contributed by atoms with Crippen LogP contribution in [0.15, 0.2) is 54.2 Å². The van der Waals surface area contributed by atoms with Gasteiger partial charge in [0.15, 0.2) is 5.76 Å². The molecule has 0 aliphatic heterocycles. The zero-order valence-electron chi connectivity index (χ0n) is 15.6. The lowest BCUT2D eigenvalue weighted by atomic mass is 9.91. The predicted molar refractivity (Wildman–Crippen MR) is 104 cm³/mol. The summed E-state index contributed by atoms with van der Waals surface area (Å²) in [7, 11) is 3.15. The number of fused-ring (bicyclic) bond motifs is 2. The highest BCUT2D eigenvalue weighted by Gasteiger charge is 2.61. The second-order valence-electron chi connectivity index (χ2n) is 7.19. The van der Waals surface area contributed by atoms with E-state index in [2.05, 4.69) is 6.72 Å². The molecule has 1 N–H and O–H groups in total. The monoisotopic (exact) mass is 375 g/mol. The summed E-state index contributed by atoms with van der Waals surface area (Å²) < 4.78 is 1.35. The third-order valence-electron chi connectivity index (χ3n) is 5.53. The summed E-state index contributed by atoms with van der Waals surface area (Å²) in [6.45, 7) is 3.72. The van der Waals surface area contributed by atoms with Crippen LogP contribution in [0.1, 0.15) is 36.6 Å². The number of rotatable bonds is 4. The smallest absolute Gasteiger partial charge is 0.304 e. The van der Waals surface area contributed by atoms with Crippen molar-refractivity contribution in [3.05, 3.63) is 76.5 Å². The van der Waals surface area contributed by atoms with Gasteiger partial charge in [-0.2, -0.15) is 0 Å². The minimum Gasteiger partial charge on any atom is -0.505 e. The second kappa shape index (κ2) is 5.99. The van der Waals surface area contributed by atoms with Crippen LogP contribution in [-0.4, -0.2) is 64.8 Å². The van der Waals surface area contributed by atoms with Crippen LogP contribution in [0.3, 0.4) is 0 Å². The number of nitrogens with zero attached hydrogens (tertiary/aromatic N) is 2. The number of carbonyl (C=O) groups is 3. The summed E-state index contributed by atoms with van der Waals surface area (Å²) in [4.78, 5) is 40.7. The summed E-state index contributed by atoms with van der Waals surface area (Å²) in [5, 5.41) is 10.6. The van der Waals surface area contributed by atoms with Crippen molar-refractivity contribution in [1.82, 2.24) is 4.90 Å². The zero-order chi connectivity index (χ0) is 20.2. The minimum atomic E-state index is -1.57. The van der Waals surface area contributed by atoms with Crippen molar-refractivity contribution in [3.63, 3.8) is 0 Å². The van der Waals surface area contributed by atoms with Gasteiger partial charge >= 0.3 is 5.54 Å². The van der Waals surface area contributed by atoms with E-state index < -0.39 is 5.54 Å². The number of aliphatic hydroxyl groups is 1. The molecule has 0 saturated heterocycles. The van der Waals surface area contributed by atoms with Crippen LogP contribution in [0, 0.1) is 0 Å². The van der Waals surface area contributed by atoms with Crippen molar-refractivity contribution < 1.29 is 24.1 Å². The van der Waals surface area contributed by atoms with Crippen LogP contribution in [0.5, 0.6) is 0 Å². The Morgan fingerprint density at radius 1 is 0.929 bits per heavy atom. The fraction of sp³-hybridized carbons (Fsp3) is 0.182. The molecule has 2 aliphatic carbocycles. The van der Waals surface area contributed by atoms with Gasteiger partial charge in [-0.05, 0) is 0 Å². The molecule has 0 fully saturated rings. The standard InChI is InChI=1S/C22H18N2O4/c1-23(2)22(20(27)15-10-6-7-11-16(15)21(22)28)12-24(3)17-18(25)13-8-4-5-9-14(13)19(17)26/h4-11H,1,12H2,2-3H3/p+1. The molecular formula is C22H19N2O4+. The lowest BCUT2D eigenvalue weighted by molar-refractivity contribution is -0.537. The van der Waals surface area contributed by atoms with Crippen molar-refractivity contribution >= 4 is 29.8 Å². The first-order valence-electron chi connectivity index (χ1n) is 8.82. The van der Waals surface area contributed by atoms with E-state index in [4.69, 9.17) is 0 Å². The Morgan fingerprint density at radius 2 is 1.39 bits per heavy atom. The number of allylic oxidation sites excluding steroid dienone is 1. The van der Waals surface area contributed by atoms with Gasteiger partial charge < -0.3 is 10.0 Å². The lowest BCUT2D eigenvalue weighted by Gasteiger charge is -2.28. The van der Waals surface area contributed by atoms with Gasteiger partial charge in [-0.1, -0.05) is 48.5 Å². The number of carbonyl (C=O) groups excluding carboxylic acids is 3. The molecule has 0 amide bonds. The van der Waals surface area contributed by atoms with Crippen molar-refractivity contribution in [2.75, 3.05) is 20.6 Å². The molecule has 4 rings (SSSR count). The zero-order valence-corrected chi connectivity index (χ0v) is 15.6. The van der Waals surface area contributed by atoms with Gasteiger partial charge in [0.25, 0.3) is 0 Å². The predicted octanol–water partition coefficient (Wildman–Crippen LogP) is 2.20. The topological polar surface area (TPSA) is 77.7 Å². The molecule has 2 aliphatic rings. The number of ketones is 3. The van der Waals surface area contributed by atoms with E-state index in [1.54, 1.807) is 62.6 Å². The van der Waals surface area contributed by atoms with Crippen LogP contribution in [-0.2, 0) is 0 Å². The fourth-order valence-electron chi connectivity index (χ4n) is 4.07. The maximum absolute atomic E-state index is 13.2. The Morgan fingerprint density at radius 3 is 1.86 bits per heavy atom. The van der Waals surface area contributed by atoms with Crippen molar-refractivity contribution in [2.24, 2.45) is 0 Å². The van der Waals surface area contributed by atoms with Crippen LogP contribution in [0.2, 0.25) is 0 Å². The number of Topliss-reactive ketones (excluding diaryl/α,β-unsaturated/α-hetero) is 3. The first-order valence-corrected chi connectivity index (χ1v) is 8.82. The Kier molecular flexibility index (Phi) is 3.82. The summed E-state index contributed by atoms with van der Waals surface area (Å²) in [6, 6.07) is 13.4. The third-order valence-corrected chi connectivity index (χ3v) is 5.53. The number of aliphatic hydroxyl groups excluding tert-OH is 1. The van der Waals surface area contributed by atoms with E-state index in [-0.39, 0.29) is 35.4 Å². The molecule has 0 unspecified atom stereocenters. The normalized spacial score (nSPS) is 17.0. The Labute approximate surface area is 162 Å². The molecule has 0 heterocycles. The number of hydrogen-bond acceptors (Lipinski definition) is 5. The third kappa shape index (κ3) is 2.14. The molecule has 28 heavy (non-hydrogen) atoms. The fourth-order valence-corrected chi connectivity index (χ4v) is 4.07. The highest BCUT2D eigenvalue weighted by Crippen LogP contribution is 2.36. The molecule has 6 nitrogen and oxygen atoms in total. The molecule has 0 radical (unpaired) electrons. The SMILES string of the molecule is C=[N+](C)C1(CN(C)C2=C(O)c3ccccc3C2=O)C(=O)c2ccccc2C1=O. The van der Waals surface area contributed by atoms with E-state index in [0.29, 0.717) is 22.3 Å². The summed E-state index contributed by atoms with van der Waals surface area (Å²) >= 11 is 0. The van der Waals surface area contributed by atoms with Gasteiger partial charge in [-0.3, -0.25) is 14.4 Å². The van der Waals surface area contributed by atoms with Gasteiger partial charge in [-0.25, -0.2) is 4.58 Å². The van der Waals surface area contributed by atoms with E-state index in [1.807, 2.05) is 0 Å². The molecule has 0 bridgehead atoms. The number of likely N-dealkylation sites (N-methyl/N-ethyl adjacent to an activating group) is 2. The van der Waals surface area contributed by atoms with Crippen molar-refractivity contribution in [1.29, 1.82) is 0 Å². The summed E-state index contributed by atoms with van der Waals surface area (Å²) in [5.74, 6) is -1.21. The van der Waals surface area contributed by atoms with Crippen LogP contribution in [0.4, 0.5) is 0 Å². The van der Waals surface area contributed by atoms with Crippen LogP contribution >= 0.6 is 0 Å². The molecule has 140 valence electrons. The first kappa shape index (κ1) is 17.9. The molecule has 0 saturated carbocycles. The summed E-state index contributed by atoms with van der Waals surface area (Å²) in [5.41, 5.74) is 0.0241. The number of hydrogen-bond donors (Lipinski definition) is 1. The minimum absolute atomic E-state index is 0.0685. The largest absolute Gasteiger partial charge is 0.505 e. The first-order chi connectivity index (χ1) is 13.3. The average Bonchev–Trinajstić information content (AvgIpc) is 3.07.